The third-order valence-corrected chi connectivity index (χ3v) is 6.47. The first-order chi connectivity index (χ1) is 16.4. The minimum atomic E-state index is -0.106. The average molecular weight is 494 g/mol. The fourth-order valence-corrected chi connectivity index (χ4v) is 4.73. The summed E-state index contributed by atoms with van der Waals surface area (Å²) in [6, 6.07) is 15.7. The van der Waals surface area contributed by atoms with E-state index in [2.05, 4.69) is 26.4 Å². The summed E-state index contributed by atoms with van der Waals surface area (Å²) in [5.41, 5.74) is 10.7. The number of hydrogen-bond donors (Lipinski definition) is 2. The monoisotopic (exact) mass is 493 g/mol. The predicted molar refractivity (Wildman–Crippen MR) is 142 cm³/mol. The number of thioether (sulfide) groups is 1. The van der Waals surface area contributed by atoms with Crippen LogP contribution < -0.4 is 11.1 Å². The molecule has 1 aliphatic rings. The molecule has 3 aromatic carbocycles. The zero-order chi connectivity index (χ0) is 24.1. The molecule has 1 aliphatic heterocycles. The average Bonchev–Trinajstić information content (AvgIpc) is 2.82. The van der Waals surface area contributed by atoms with Gasteiger partial charge in [-0.05, 0) is 45.7 Å². The number of carbonyl (C=O) groups excluding carboxylic acids is 1. The summed E-state index contributed by atoms with van der Waals surface area (Å²) < 4.78 is 5.67. The molecule has 0 fully saturated rings. The Morgan fingerprint density at radius 2 is 1.97 bits per heavy atom. The van der Waals surface area contributed by atoms with Crippen LogP contribution in [0.4, 0.5) is 5.69 Å². The van der Waals surface area contributed by atoms with E-state index in [-0.39, 0.29) is 11.9 Å². The second kappa shape index (κ2) is 10.8. The maximum atomic E-state index is 11.2. The number of anilines is 1. The van der Waals surface area contributed by atoms with Gasteiger partial charge in [0.2, 0.25) is 11.9 Å². The van der Waals surface area contributed by atoms with Gasteiger partial charge in [-0.25, -0.2) is 4.99 Å². The van der Waals surface area contributed by atoms with E-state index in [0.29, 0.717) is 29.2 Å². The number of guanidine groups is 1. The van der Waals surface area contributed by atoms with Crippen LogP contribution in [0, 0.1) is 0 Å². The Hall–Kier alpha value is -3.20. The van der Waals surface area contributed by atoms with Crippen LogP contribution in [-0.4, -0.2) is 30.3 Å². The largest absolute Gasteiger partial charge is 0.372 e. The van der Waals surface area contributed by atoms with E-state index in [1.165, 1.54) is 24.1 Å². The number of hydrogen-bond acceptors (Lipinski definition) is 4. The first kappa shape index (κ1) is 23.9. The molecule has 0 aromatic heterocycles. The van der Waals surface area contributed by atoms with Gasteiger partial charge in [0.1, 0.15) is 0 Å². The molecule has 4 rings (SSSR count). The van der Waals surface area contributed by atoms with E-state index in [1.54, 1.807) is 13.3 Å². The number of carbonyl (C=O) groups is 1. The standard InChI is InChI=1S/C25H24ClN5O2S/c1-15(32)30-19-8-6-16(7-9-19)14-34-25(31-24(27)28-2)29-11-21-20-5-3-4-17-12-33-13-18(23(17)20)10-22(21)26/h3-11H,12-14H2,1-2H3,(H2,27,28)(H,30,32)/b29-11+,31-25+. The molecule has 3 aromatic rings. The summed E-state index contributed by atoms with van der Waals surface area (Å²) >= 11 is 8.06. The van der Waals surface area contributed by atoms with Crippen LogP contribution in [0.15, 0.2) is 63.5 Å². The Labute approximate surface area is 207 Å². The van der Waals surface area contributed by atoms with Gasteiger partial charge in [-0.2, -0.15) is 4.99 Å². The summed E-state index contributed by atoms with van der Waals surface area (Å²) in [6.45, 7) is 2.60. The fourth-order valence-electron chi connectivity index (χ4n) is 3.67. The second-order valence-corrected chi connectivity index (χ2v) is 9.01. The van der Waals surface area contributed by atoms with Crippen LogP contribution in [0.5, 0.6) is 0 Å². The van der Waals surface area contributed by atoms with Crippen molar-refractivity contribution in [1.82, 2.24) is 0 Å². The van der Waals surface area contributed by atoms with Crippen LogP contribution in [0.3, 0.4) is 0 Å². The van der Waals surface area contributed by atoms with Crippen molar-refractivity contribution in [1.29, 1.82) is 0 Å². The van der Waals surface area contributed by atoms with Crippen molar-refractivity contribution in [3.8, 4) is 0 Å². The summed E-state index contributed by atoms with van der Waals surface area (Å²) in [7, 11) is 1.58. The van der Waals surface area contributed by atoms with Crippen molar-refractivity contribution in [3.63, 3.8) is 0 Å². The highest BCUT2D eigenvalue weighted by atomic mass is 35.5. The number of nitrogens with one attached hydrogen (secondary N) is 1. The molecule has 0 spiro atoms. The van der Waals surface area contributed by atoms with Gasteiger partial charge in [0.15, 0.2) is 5.17 Å². The molecule has 0 saturated heterocycles. The van der Waals surface area contributed by atoms with Crippen molar-refractivity contribution in [3.05, 3.63) is 75.8 Å². The van der Waals surface area contributed by atoms with Gasteiger partial charge >= 0.3 is 0 Å². The third-order valence-electron chi connectivity index (χ3n) is 5.22. The minimum Gasteiger partial charge on any atom is -0.372 e. The zero-order valence-corrected chi connectivity index (χ0v) is 20.4. The quantitative estimate of drug-likeness (QED) is 0.388. The molecule has 7 nitrogen and oxygen atoms in total. The molecule has 0 aliphatic carbocycles. The number of aliphatic imine (C=N–C) groups is 3. The van der Waals surface area contributed by atoms with Crippen LogP contribution in [0.1, 0.15) is 29.2 Å². The Bertz CT molecular complexity index is 1320. The summed E-state index contributed by atoms with van der Waals surface area (Å²) in [4.78, 5) is 24.1. The Morgan fingerprint density at radius 3 is 2.71 bits per heavy atom. The molecule has 34 heavy (non-hydrogen) atoms. The lowest BCUT2D eigenvalue weighted by Crippen LogP contribution is -2.10. The summed E-state index contributed by atoms with van der Waals surface area (Å²) in [5, 5.41) is 6.02. The van der Waals surface area contributed by atoms with E-state index in [0.717, 1.165) is 33.3 Å². The topological polar surface area (TPSA) is 101 Å². The van der Waals surface area contributed by atoms with Gasteiger partial charge < -0.3 is 15.8 Å². The highest BCUT2D eigenvalue weighted by Crippen LogP contribution is 2.34. The molecule has 0 bridgehead atoms. The van der Waals surface area contributed by atoms with Crippen LogP contribution in [0.2, 0.25) is 5.02 Å². The van der Waals surface area contributed by atoms with Crippen molar-refractivity contribution in [2.75, 3.05) is 12.4 Å². The van der Waals surface area contributed by atoms with E-state index in [1.807, 2.05) is 42.5 Å². The van der Waals surface area contributed by atoms with Crippen molar-refractivity contribution < 1.29 is 9.53 Å². The molecule has 3 N–H and O–H groups in total. The van der Waals surface area contributed by atoms with Crippen molar-refractivity contribution in [2.24, 2.45) is 20.7 Å². The lowest BCUT2D eigenvalue weighted by Gasteiger charge is -2.19. The molecule has 0 atom stereocenters. The fraction of sp³-hybridized carbons (Fsp3) is 0.200. The highest BCUT2D eigenvalue weighted by Gasteiger charge is 2.17. The molecule has 174 valence electrons. The van der Waals surface area contributed by atoms with Gasteiger partial charge in [0, 0.05) is 37.2 Å². The highest BCUT2D eigenvalue weighted by molar-refractivity contribution is 8.13. The molecule has 9 heteroatoms. The Balaban J connectivity index is 1.60. The lowest BCUT2D eigenvalue weighted by atomic mass is 9.95. The van der Waals surface area contributed by atoms with Crippen LogP contribution in [-0.2, 0) is 28.5 Å². The summed E-state index contributed by atoms with van der Waals surface area (Å²) in [5.74, 6) is 0.647. The molecular weight excluding hydrogens is 470 g/mol. The first-order valence-electron chi connectivity index (χ1n) is 10.6. The number of amides is 1. The number of rotatable bonds is 4. The van der Waals surface area contributed by atoms with Crippen molar-refractivity contribution >= 4 is 63.1 Å². The molecular formula is C25H24ClN5O2S. The van der Waals surface area contributed by atoms with Gasteiger partial charge in [-0.15, -0.1) is 0 Å². The number of amidine groups is 1. The number of nitrogens with zero attached hydrogens (tertiary/aromatic N) is 3. The Kier molecular flexibility index (Phi) is 7.62. The van der Waals surface area contributed by atoms with E-state index < -0.39 is 0 Å². The predicted octanol–water partition coefficient (Wildman–Crippen LogP) is 5.13. The Morgan fingerprint density at radius 1 is 1.21 bits per heavy atom. The van der Waals surface area contributed by atoms with Crippen LogP contribution in [0.25, 0.3) is 10.8 Å². The van der Waals surface area contributed by atoms with Gasteiger partial charge in [-0.1, -0.05) is 53.7 Å². The molecule has 0 saturated carbocycles. The van der Waals surface area contributed by atoms with E-state index in [4.69, 9.17) is 22.1 Å². The van der Waals surface area contributed by atoms with E-state index in [9.17, 15) is 4.79 Å². The van der Waals surface area contributed by atoms with Gasteiger partial charge in [-0.3, -0.25) is 9.79 Å². The smallest absolute Gasteiger partial charge is 0.221 e. The second-order valence-electron chi connectivity index (χ2n) is 7.66. The molecule has 1 heterocycles. The first-order valence-corrected chi connectivity index (χ1v) is 12.0. The number of ether oxygens (including phenoxy) is 1. The number of nitrogens with two attached hydrogens (primary N) is 1. The van der Waals surface area contributed by atoms with Gasteiger partial charge in [0.05, 0.1) is 18.2 Å². The third kappa shape index (κ3) is 5.64. The molecule has 1 amide bonds. The number of halogens is 1. The normalized spacial score (nSPS) is 14.1. The lowest BCUT2D eigenvalue weighted by molar-refractivity contribution is -0.114. The minimum absolute atomic E-state index is 0.106. The SMILES string of the molecule is C\N=C(N)/N=C(\N=C\c1c(Cl)cc2c3c(cccc13)COC2)SCc1ccc(NC(C)=O)cc1. The number of benzene rings is 3. The zero-order valence-electron chi connectivity index (χ0n) is 18.8. The molecule has 0 radical (unpaired) electrons. The van der Waals surface area contributed by atoms with Gasteiger partial charge in [0.25, 0.3) is 0 Å². The van der Waals surface area contributed by atoms with Crippen molar-refractivity contribution in [2.45, 2.75) is 25.9 Å². The molecule has 0 unspecified atom stereocenters. The maximum Gasteiger partial charge on any atom is 0.221 e. The van der Waals surface area contributed by atoms with E-state index >= 15 is 0 Å². The van der Waals surface area contributed by atoms with Crippen LogP contribution >= 0.6 is 23.4 Å². The maximum absolute atomic E-state index is 11.2. The summed E-state index contributed by atoms with van der Waals surface area (Å²) in [6.07, 6.45) is 1.73.